The molecule has 0 saturated heterocycles. The minimum atomic E-state index is -0.520. The van der Waals surface area contributed by atoms with Crippen LogP contribution >= 0.6 is 11.6 Å². The fraction of sp³-hybridized carbons (Fsp3) is 0.0714. The van der Waals surface area contributed by atoms with Crippen molar-refractivity contribution < 1.29 is 9.18 Å². The van der Waals surface area contributed by atoms with E-state index in [0.717, 1.165) is 0 Å². The van der Waals surface area contributed by atoms with Gasteiger partial charge in [0.25, 0.3) is 5.91 Å². The number of aromatic nitrogens is 1. The van der Waals surface area contributed by atoms with Crippen molar-refractivity contribution in [3.63, 3.8) is 0 Å². The molecule has 0 aliphatic rings. The molecule has 1 amide bonds. The van der Waals surface area contributed by atoms with E-state index in [0.29, 0.717) is 16.4 Å². The van der Waals surface area contributed by atoms with E-state index in [9.17, 15) is 9.18 Å². The van der Waals surface area contributed by atoms with Gasteiger partial charge in [0.2, 0.25) is 0 Å². The van der Waals surface area contributed by atoms with E-state index < -0.39 is 11.7 Å². The van der Waals surface area contributed by atoms with E-state index in [1.54, 1.807) is 6.07 Å². The van der Waals surface area contributed by atoms with Crippen LogP contribution in [0.1, 0.15) is 16.1 Å². The highest BCUT2D eigenvalue weighted by atomic mass is 35.5. The fourth-order valence-electron chi connectivity index (χ4n) is 1.54. The SMILES string of the molecule is NCC#Cc1ccc(NC(=O)c2cc(Cl)c[nH]2)cc1F. The molecule has 102 valence electrons. The lowest BCUT2D eigenvalue weighted by Crippen LogP contribution is -2.12. The van der Waals surface area contributed by atoms with Crippen molar-refractivity contribution in [3.8, 4) is 11.8 Å². The molecule has 2 aromatic rings. The number of nitrogens with one attached hydrogen (secondary N) is 2. The van der Waals surface area contributed by atoms with Crippen molar-refractivity contribution in [2.45, 2.75) is 0 Å². The van der Waals surface area contributed by atoms with Crippen LogP contribution in [0.25, 0.3) is 0 Å². The maximum absolute atomic E-state index is 13.7. The molecule has 0 radical (unpaired) electrons. The molecule has 0 aliphatic carbocycles. The third-order valence-corrected chi connectivity index (χ3v) is 2.66. The van der Waals surface area contributed by atoms with Crippen molar-refractivity contribution in [3.05, 3.63) is 52.6 Å². The van der Waals surface area contributed by atoms with Gasteiger partial charge < -0.3 is 16.0 Å². The van der Waals surface area contributed by atoms with Crippen LogP contribution in [-0.2, 0) is 0 Å². The van der Waals surface area contributed by atoms with Gasteiger partial charge >= 0.3 is 0 Å². The van der Waals surface area contributed by atoms with Gasteiger partial charge in [-0.1, -0.05) is 23.4 Å². The highest BCUT2D eigenvalue weighted by molar-refractivity contribution is 6.31. The molecule has 0 spiro atoms. The van der Waals surface area contributed by atoms with Gasteiger partial charge in [-0.2, -0.15) is 0 Å². The van der Waals surface area contributed by atoms with Crippen LogP contribution in [0, 0.1) is 17.7 Å². The highest BCUT2D eigenvalue weighted by Gasteiger charge is 2.09. The van der Waals surface area contributed by atoms with Crippen LogP contribution in [0.3, 0.4) is 0 Å². The molecule has 1 aromatic heterocycles. The largest absolute Gasteiger partial charge is 0.356 e. The summed E-state index contributed by atoms with van der Waals surface area (Å²) in [5.74, 6) is 4.24. The summed E-state index contributed by atoms with van der Waals surface area (Å²) in [7, 11) is 0. The van der Waals surface area contributed by atoms with E-state index in [1.807, 2.05) is 0 Å². The van der Waals surface area contributed by atoms with Crippen LogP contribution in [0.2, 0.25) is 5.02 Å². The average Bonchev–Trinajstić information content (AvgIpc) is 2.85. The number of carbonyl (C=O) groups excluding carboxylic acids is 1. The lowest BCUT2D eigenvalue weighted by atomic mass is 10.2. The van der Waals surface area contributed by atoms with Gasteiger partial charge in [-0.3, -0.25) is 4.79 Å². The lowest BCUT2D eigenvalue weighted by molar-refractivity contribution is 0.102. The van der Waals surface area contributed by atoms with Crippen LogP contribution in [0.5, 0.6) is 0 Å². The summed E-state index contributed by atoms with van der Waals surface area (Å²) in [6.07, 6.45) is 1.49. The first-order valence-corrected chi connectivity index (χ1v) is 6.11. The molecular formula is C14H11ClFN3O. The van der Waals surface area contributed by atoms with E-state index in [1.165, 1.54) is 24.4 Å². The molecule has 4 N–H and O–H groups in total. The van der Waals surface area contributed by atoms with E-state index in [2.05, 4.69) is 22.1 Å². The molecule has 2 rings (SSSR count). The second kappa shape index (κ2) is 6.24. The Bertz CT molecular complexity index is 700. The molecule has 1 aromatic carbocycles. The smallest absolute Gasteiger partial charge is 0.272 e. The number of halogens is 2. The number of carbonyl (C=O) groups is 1. The van der Waals surface area contributed by atoms with E-state index in [-0.39, 0.29) is 12.1 Å². The molecule has 0 aliphatic heterocycles. The monoisotopic (exact) mass is 291 g/mol. The number of nitrogens with two attached hydrogens (primary N) is 1. The van der Waals surface area contributed by atoms with Gasteiger partial charge in [-0.15, -0.1) is 0 Å². The number of benzene rings is 1. The number of hydrogen-bond acceptors (Lipinski definition) is 2. The van der Waals surface area contributed by atoms with Gasteiger partial charge in [0.05, 0.1) is 17.1 Å². The van der Waals surface area contributed by atoms with Crippen LogP contribution < -0.4 is 11.1 Å². The van der Waals surface area contributed by atoms with Gasteiger partial charge in [0.15, 0.2) is 0 Å². The first-order valence-electron chi connectivity index (χ1n) is 5.74. The normalized spacial score (nSPS) is 9.75. The number of hydrogen-bond donors (Lipinski definition) is 3. The number of rotatable bonds is 2. The van der Waals surface area contributed by atoms with Gasteiger partial charge in [-0.25, -0.2) is 4.39 Å². The summed E-state index contributed by atoms with van der Waals surface area (Å²) >= 11 is 5.71. The molecule has 0 unspecified atom stereocenters. The predicted molar refractivity (Wildman–Crippen MR) is 76.1 cm³/mol. The fourth-order valence-corrected chi connectivity index (χ4v) is 1.70. The van der Waals surface area contributed by atoms with Crippen molar-refractivity contribution in [1.82, 2.24) is 4.98 Å². The van der Waals surface area contributed by atoms with Crippen molar-refractivity contribution in [2.75, 3.05) is 11.9 Å². The van der Waals surface area contributed by atoms with Crippen LogP contribution in [0.4, 0.5) is 10.1 Å². The number of amides is 1. The maximum Gasteiger partial charge on any atom is 0.272 e. The minimum absolute atomic E-state index is 0.158. The molecule has 0 fully saturated rings. The third-order valence-electron chi connectivity index (χ3n) is 2.44. The Hall–Kier alpha value is -2.29. The Labute approximate surface area is 120 Å². The number of aromatic amines is 1. The molecule has 4 nitrogen and oxygen atoms in total. The summed E-state index contributed by atoms with van der Waals surface area (Å²) in [6, 6.07) is 5.72. The van der Waals surface area contributed by atoms with Crippen molar-refractivity contribution in [2.24, 2.45) is 5.73 Å². The molecule has 0 saturated carbocycles. The van der Waals surface area contributed by atoms with Crippen molar-refractivity contribution in [1.29, 1.82) is 0 Å². The minimum Gasteiger partial charge on any atom is -0.356 e. The molecule has 1 heterocycles. The Morgan fingerprint density at radius 2 is 2.25 bits per heavy atom. The van der Waals surface area contributed by atoms with Crippen molar-refractivity contribution >= 4 is 23.2 Å². The molecule has 0 bridgehead atoms. The van der Waals surface area contributed by atoms with Crippen LogP contribution in [0.15, 0.2) is 30.5 Å². The summed E-state index contributed by atoms with van der Waals surface area (Å²) < 4.78 is 13.7. The van der Waals surface area contributed by atoms with E-state index in [4.69, 9.17) is 17.3 Å². The lowest BCUT2D eigenvalue weighted by Gasteiger charge is -2.04. The average molecular weight is 292 g/mol. The summed E-state index contributed by atoms with van der Waals surface area (Å²) in [5.41, 5.74) is 6.08. The molecule has 20 heavy (non-hydrogen) atoms. The third kappa shape index (κ3) is 3.38. The van der Waals surface area contributed by atoms with Crippen LogP contribution in [-0.4, -0.2) is 17.4 Å². The first-order chi connectivity index (χ1) is 9.60. The van der Waals surface area contributed by atoms with Gasteiger partial charge in [0.1, 0.15) is 11.5 Å². The predicted octanol–water partition coefficient (Wildman–Crippen LogP) is 2.37. The summed E-state index contributed by atoms with van der Waals surface area (Å²) in [4.78, 5) is 14.5. The standard InChI is InChI=1S/C14H11ClFN3O/c15-10-6-13(18-8-10)14(20)19-11-4-3-9(2-1-5-17)12(16)7-11/h3-4,6-8,18H,5,17H2,(H,19,20). The molecule has 0 atom stereocenters. The highest BCUT2D eigenvalue weighted by Crippen LogP contribution is 2.16. The number of anilines is 1. The molecule has 6 heteroatoms. The Morgan fingerprint density at radius 3 is 2.85 bits per heavy atom. The molecular weight excluding hydrogens is 281 g/mol. The zero-order chi connectivity index (χ0) is 14.5. The Kier molecular flexibility index (Phi) is 4.41. The van der Waals surface area contributed by atoms with Gasteiger partial charge in [-0.05, 0) is 24.3 Å². The topological polar surface area (TPSA) is 70.9 Å². The van der Waals surface area contributed by atoms with E-state index >= 15 is 0 Å². The van der Waals surface area contributed by atoms with Gasteiger partial charge in [0, 0.05) is 11.9 Å². The number of H-pyrrole nitrogens is 1. The zero-order valence-corrected chi connectivity index (χ0v) is 11.1. The second-order valence-electron chi connectivity index (χ2n) is 3.89. The zero-order valence-electron chi connectivity index (χ0n) is 10.3. The summed E-state index contributed by atoms with van der Waals surface area (Å²) in [6.45, 7) is 0.158. The summed E-state index contributed by atoms with van der Waals surface area (Å²) in [5, 5.41) is 2.98. The quantitative estimate of drug-likeness (QED) is 0.743. The Balaban J connectivity index is 2.14. The first kappa shape index (κ1) is 14.1. The second-order valence-corrected chi connectivity index (χ2v) is 4.32. The Morgan fingerprint density at radius 1 is 1.45 bits per heavy atom. The maximum atomic E-state index is 13.7.